The van der Waals surface area contributed by atoms with Crippen LogP contribution < -0.4 is 0 Å². The van der Waals surface area contributed by atoms with Gasteiger partial charge in [0.1, 0.15) is 5.82 Å². The maximum absolute atomic E-state index is 12.8. The van der Waals surface area contributed by atoms with Crippen molar-refractivity contribution in [3.63, 3.8) is 0 Å². The third-order valence-electron chi connectivity index (χ3n) is 1.95. The maximum Gasteiger partial charge on any atom is 0.406 e. The SMILES string of the molecule is COC(=O)C(c1cccc(F)c1)C(F)(F)F. The van der Waals surface area contributed by atoms with Gasteiger partial charge in [0.05, 0.1) is 7.11 Å². The molecule has 0 N–H and O–H groups in total. The van der Waals surface area contributed by atoms with Crippen molar-refractivity contribution in [1.82, 2.24) is 0 Å². The predicted molar refractivity (Wildman–Crippen MR) is 47.2 cm³/mol. The molecule has 1 aromatic rings. The van der Waals surface area contributed by atoms with E-state index in [2.05, 4.69) is 4.74 Å². The molecule has 0 aromatic heterocycles. The van der Waals surface area contributed by atoms with Crippen molar-refractivity contribution in [1.29, 1.82) is 0 Å². The zero-order chi connectivity index (χ0) is 12.3. The minimum Gasteiger partial charge on any atom is -0.468 e. The Bertz CT molecular complexity index is 387. The van der Waals surface area contributed by atoms with E-state index in [1.54, 1.807) is 0 Å². The van der Waals surface area contributed by atoms with E-state index in [9.17, 15) is 22.4 Å². The van der Waals surface area contributed by atoms with Gasteiger partial charge in [-0.25, -0.2) is 4.39 Å². The molecule has 0 heterocycles. The average molecular weight is 236 g/mol. The molecule has 0 fully saturated rings. The van der Waals surface area contributed by atoms with Crippen molar-refractivity contribution >= 4 is 5.97 Å². The van der Waals surface area contributed by atoms with Crippen molar-refractivity contribution < 1.29 is 27.1 Å². The molecule has 0 amide bonds. The Morgan fingerprint density at radius 2 is 2.00 bits per heavy atom. The van der Waals surface area contributed by atoms with Crippen molar-refractivity contribution in [2.75, 3.05) is 7.11 Å². The Labute approximate surface area is 88.8 Å². The number of methoxy groups -OCH3 is 1. The predicted octanol–water partition coefficient (Wildman–Crippen LogP) is 2.64. The highest BCUT2D eigenvalue weighted by atomic mass is 19.4. The Morgan fingerprint density at radius 3 is 2.44 bits per heavy atom. The zero-order valence-corrected chi connectivity index (χ0v) is 8.22. The number of alkyl halides is 3. The smallest absolute Gasteiger partial charge is 0.406 e. The summed E-state index contributed by atoms with van der Waals surface area (Å²) in [6.07, 6.45) is -4.80. The lowest BCUT2D eigenvalue weighted by Gasteiger charge is -2.18. The first-order valence-corrected chi connectivity index (χ1v) is 4.26. The van der Waals surface area contributed by atoms with Gasteiger partial charge >= 0.3 is 12.1 Å². The highest BCUT2D eigenvalue weighted by Gasteiger charge is 2.47. The largest absolute Gasteiger partial charge is 0.468 e. The topological polar surface area (TPSA) is 26.3 Å². The van der Waals surface area contributed by atoms with Gasteiger partial charge in [0, 0.05) is 0 Å². The number of esters is 1. The lowest BCUT2D eigenvalue weighted by Crippen LogP contribution is -2.29. The molecule has 1 aromatic carbocycles. The molecular formula is C10H8F4O2. The molecule has 0 aliphatic heterocycles. The second kappa shape index (κ2) is 4.51. The normalized spacial score (nSPS) is 13.3. The van der Waals surface area contributed by atoms with E-state index in [4.69, 9.17) is 0 Å². The zero-order valence-electron chi connectivity index (χ0n) is 8.22. The van der Waals surface area contributed by atoms with Crippen LogP contribution in [-0.2, 0) is 9.53 Å². The van der Waals surface area contributed by atoms with Crippen LogP contribution in [0.25, 0.3) is 0 Å². The standard InChI is InChI=1S/C10H8F4O2/c1-16-9(15)8(10(12,13)14)6-3-2-4-7(11)5-6/h2-5,8H,1H3. The summed E-state index contributed by atoms with van der Waals surface area (Å²) < 4.78 is 54.5. The van der Waals surface area contributed by atoms with E-state index < -0.39 is 29.4 Å². The van der Waals surface area contributed by atoms with Gasteiger partial charge in [0.15, 0.2) is 5.92 Å². The van der Waals surface area contributed by atoms with Crippen LogP contribution in [0.1, 0.15) is 11.5 Å². The molecule has 88 valence electrons. The van der Waals surface area contributed by atoms with Gasteiger partial charge in [-0.15, -0.1) is 0 Å². The summed E-state index contributed by atoms with van der Waals surface area (Å²) in [4.78, 5) is 11.0. The molecule has 0 spiro atoms. The minimum atomic E-state index is -4.80. The average Bonchev–Trinajstić information content (AvgIpc) is 2.15. The number of halogens is 4. The summed E-state index contributed by atoms with van der Waals surface area (Å²) in [6, 6.07) is 3.79. The minimum absolute atomic E-state index is 0.473. The third kappa shape index (κ3) is 2.71. The Kier molecular flexibility index (Phi) is 3.51. The van der Waals surface area contributed by atoms with Gasteiger partial charge in [-0.05, 0) is 17.7 Å². The van der Waals surface area contributed by atoms with E-state index in [0.29, 0.717) is 6.07 Å². The fourth-order valence-electron chi connectivity index (χ4n) is 1.26. The van der Waals surface area contributed by atoms with Gasteiger partial charge in [-0.2, -0.15) is 13.2 Å². The monoisotopic (exact) mass is 236 g/mol. The molecule has 0 radical (unpaired) electrons. The summed E-state index contributed by atoms with van der Waals surface area (Å²) in [6.45, 7) is 0. The molecular weight excluding hydrogens is 228 g/mol. The maximum atomic E-state index is 12.8. The number of carbonyl (C=O) groups is 1. The van der Waals surface area contributed by atoms with E-state index >= 15 is 0 Å². The van der Waals surface area contributed by atoms with Crippen LogP contribution in [0.2, 0.25) is 0 Å². The molecule has 1 atom stereocenters. The number of hydrogen-bond acceptors (Lipinski definition) is 2. The number of hydrogen-bond donors (Lipinski definition) is 0. The van der Waals surface area contributed by atoms with Crippen LogP contribution in [-0.4, -0.2) is 19.3 Å². The number of benzene rings is 1. The number of rotatable bonds is 2. The first-order chi connectivity index (χ1) is 7.36. The molecule has 0 saturated carbocycles. The van der Waals surface area contributed by atoms with E-state index in [1.165, 1.54) is 0 Å². The van der Waals surface area contributed by atoms with E-state index in [0.717, 1.165) is 25.3 Å². The summed E-state index contributed by atoms with van der Waals surface area (Å²) in [5.41, 5.74) is -0.473. The van der Waals surface area contributed by atoms with Crippen molar-refractivity contribution in [3.05, 3.63) is 35.6 Å². The highest BCUT2D eigenvalue weighted by molar-refractivity contribution is 5.79. The van der Waals surface area contributed by atoms with Crippen molar-refractivity contribution in [3.8, 4) is 0 Å². The van der Waals surface area contributed by atoms with E-state index in [1.807, 2.05) is 0 Å². The van der Waals surface area contributed by atoms with Gasteiger partial charge in [0.2, 0.25) is 0 Å². The molecule has 1 unspecified atom stereocenters. The molecule has 16 heavy (non-hydrogen) atoms. The second-order valence-electron chi connectivity index (χ2n) is 3.05. The van der Waals surface area contributed by atoms with Crippen molar-refractivity contribution in [2.24, 2.45) is 0 Å². The first kappa shape index (κ1) is 12.5. The summed E-state index contributed by atoms with van der Waals surface area (Å²) >= 11 is 0. The molecule has 0 saturated heterocycles. The molecule has 0 aliphatic rings. The van der Waals surface area contributed by atoms with Gasteiger partial charge in [-0.1, -0.05) is 12.1 Å². The van der Waals surface area contributed by atoms with Gasteiger partial charge in [0.25, 0.3) is 0 Å². The Balaban J connectivity index is 3.17. The van der Waals surface area contributed by atoms with Gasteiger partial charge < -0.3 is 4.74 Å². The highest BCUT2D eigenvalue weighted by Crippen LogP contribution is 2.35. The lowest BCUT2D eigenvalue weighted by molar-refractivity contribution is -0.179. The van der Waals surface area contributed by atoms with Crippen LogP contribution in [0.4, 0.5) is 17.6 Å². The fourth-order valence-corrected chi connectivity index (χ4v) is 1.26. The molecule has 2 nitrogen and oxygen atoms in total. The van der Waals surface area contributed by atoms with Crippen LogP contribution in [0.3, 0.4) is 0 Å². The lowest BCUT2D eigenvalue weighted by atomic mass is 9.98. The van der Waals surface area contributed by atoms with Crippen LogP contribution in [0, 0.1) is 5.82 Å². The second-order valence-corrected chi connectivity index (χ2v) is 3.05. The molecule has 6 heteroatoms. The summed E-state index contributed by atoms with van der Waals surface area (Å²) in [5, 5.41) is 0. The van der Waals surface area contributed by atoms with Gasteiger partial charge in [-0.3, -0.25) is 4.79 Å². The molecule has 1 rings (SSSR count). The molecule has 0 bridgehead atoms. The molecule has 0 aliphatic carbocycles. The Morgan fingerprint density at radius 1 is 1.38 bits per heavy atom. The van der Waals surface area contributed by atoms with Crippen LogP contribution in [0.5, 0.6) is 0 Å². The van der Waals surface area contributed by atoms with Crippen molar-refractivity contribution in [2.45, 2.75) is 12.1 Å². The quantitative estimate of drug-likeness (QED) is 0.582. The third-order valence-corrected chi connectivity index (χ3v) is 1.95. The summed E-state index contributed by atoms with van der Waals surface area (Å²) in [7, 11) is 0.848. The van der Waals surface area contributed by atoms with Crippen LogP contribution >= 0.6 is 0 Å². The van der Waals surface area contributed by atoms with Crippen LogP contribution in [0.15, 0.2) is 24.3 Å². The number of ether oxygens (including phenoxy) is 1. The number of carbonyl (C=O) groups excluding carboxylic acids is 1. The first-order valence-electron chi connectivity index (χ1n) is 4.26. The Hall–Kier alpha value is -1.59. The van der Waals surface area contributed by atoms with E-state index in [-0.39, 0.29) is 0 Å². The fraction of sp³-hybridized carbons (Fsp3) is 0.300. The summed E-state index contributed by atoms with van der Waals surface area (Å²) in [5.74, 6) is -4.75.